The minimum atomic E-state index is -0.961. The van der Waals surface area contributed by atoms with Gasteiger partial charge in [0.05, 0.1) is 18.5 Å². The normalized spacial score (nSPS) is 21.1. The summed E-state index contributed by atoms with van der Waals surface area (Å²) in [6, 6.07) is 7.72. The number of unbranched alkanes of at least 4 members (excludes halogenated alkanes) is 1. The molecule has 0 spiro atoms. The molecule has 0 unspecified atom stereocenters. The molecular formula is C26H38N4O3. The summed E-state index contributed by atoms with van der Waals surface area (Å²) in [5.74, 6) is 0.566. The highest BCUT2D eigenvalue weighted by atomic mass is 16.3. The summed E-state index contributed by atoms with van der Waals surface area (Å²) in [5.41, 5.74) is 0.488. The average Bonchev–Trinajstić information content (AvgIpc) is 3.57. The maximum absolute atomic E-state index is 13.7. The zero-order chi connectivity index (χ0) is 23.4. The molecule has 0 bridgehead atoms. The number of furan rings is 1. The Kier molecular flexibility index (Phi) is 7.27. The maximum Gasteiger partial charge on any atom is 0.271 e. The van der Waals surface area contributed by atoms with Crippen LogP contribution < -0.4 is 5.32 Å². The van der Waals surface area contributed by atoms with Crippen LogP contribution in [0.1, 0.15) is 69.8 Å². The van der Waals surface area contributed by atoms with Gasteiger partial charge in [-0.2, -0.15) is 0 Å². The van der Waals surface area contributed by atoms with Crippen molar-refractivity contribution < 1.29 is 14.0 Å². The third-order valence-electron chi connectivity index (χ3n) is 7.37. The van der Waals surface area contributed by atoms with Crippen molar-refractivity contribution in [2.45, 2.75) is 77.4 Å². The SMILES string of the molecule is CCCCN(CC)CCN1C(=O)c2ccc(-c3ccco3)n2C[C@]1(C)C(=O)NC1CCCC1. The molecule has 1 atom stereocenters. The molecule has 7 heteroatoms. The molecule has 1 saturated carbocycles. The number of rotatable bonds is 10. The number of hydrogen-bond donors (Lipinski definition) is 1. The third-order valence-corrected chi connectivity index (χ3v) is 7.37. The number of amides is 2. The van der Waals surface area contributed by atoms with Crippen LogP contribution >= 0.6 is 0 Å². The Balaban J connectivity index is 1.63. The number of aromatic nitrogens is 1. The van der Waals surface area contributed by atoms with Gasteiger partial charge in [0.2, 0.25) is 5.91 Å². The maximum atomic E-state index is 13.7. The Hall–Kier alpha value is -2.54. The van der Waals surface area contributed by atoms with E-state index in [1.807, 2.05) is 40.7 Å². The van der Waals surface area contributed by atoms with Crippen LogP contribution in [0.2, 0.25) is 0 Å². The lowest BCUT2D eigenvalue weighted by Gasteiger charge is -2.45. The number of likely N-dealkylation sites (N-methyl/N-ethyl adjacent to an activating group) is 1. The van der Waals surface area contributed by atoms with Crippen LogP contribution in [0.25, 0.3) is 11.5 Å². The fourth-order valence-electron chi connectivity index (χ4n) is 5.22. The van der Waals surface area contributed by atoms with E-state index in [1.165, 1.54) is 0 Å². The summed E-state index contributed by atoms with van der Waals surface area (Å²) in [6.07, 6.45) is 8.25. The summed E-state index contributed by atoms with van der Waals surface area (Å²) >= 11 is 0. The number of carbonyl (C=O) groups excluding carboxylic acids is 2. The number of fused-ring (bicyclic) bond motifs is 1. The highest BCUT2D eigenvalue weighted by Crippen LogP contribution is 2.33. The van der Waals surface area contributed by atoms with Gasteiger partial charge in [0.25, 0.3) is 5.91 Å². The van der Waals surface area contributed by atoms with Crippen molar-refractivity contribution in [2.24, 2.45) is 0 Å². The van der Waals surface area contributed by atoms with Gasteiger partial charge in [0.15, 0.2) is 0 Å². The first kappa shape index (κ1) is 23.6. The molecule has 33 heavy (non-hydrogen) atoms. The molecule has 1 fully saturated rings. The second-order valence-corrected chi connectivity index (χ2v) is 9.64. The summed E-state index contributed by atoms with van der Waals surface area (Å²) in [4.78, 5) is 31.6. The van der Waals surface area contributed by atoms with E-state index in [4.69, 9.17) is 4.42 Å². The van der Waals surface area contributed by atoms with E-state index in [0.29, 0.717) is 24.5 Å². The standard InChI is InChI=1S/C26H38N4O3/c1-4-6-15-28(5-2)16-17-30-24(31)22-14-13-21(23-12-9-18-33-23)29(22)19-26(30,3)25(32)27-20-10-7-8-11-20/h9,12-14,18,20H,4-8,10-11,15-17,19H2,1-3H3,(H,27,32)/t26-/m1/s1. The minimum Gasteiger partial charge on any atom is -0.463 e. The van der Waals surface area contributed by atoms with Crippen molar-refractivity contribution in [3.05, 3.63) is 36.2 Å². The van der Waals surface area contributed by atoms with Gasteiger partial charge >= 0.3 is 0 Å². The minimum absolute atomic E-state index is 0.0518. The van der Waals surface area contributed by atoms with Crippen LogP contribution in [-0.2, 0) is 11.3 Å². The van der Waals surface area contributed by atoms with Crippen LogP contribution in [0.5, 0.6) is 0 Å². The largest absolute Gasteiger partial charge is 0.463 e. The van der Waals surface area contributed by atoms with Crippen LogP contribution in [-0.4, -0.2) is 63.9 Å². The number of carbonyl (C=O) groups is 2. The molecule has 4 rings (SSSR count). The molecule has 2 amide bonds. The Labute approximate surface area is 197 Å². The zero-order valence-corrected chi connectivity index (χ0v) is 20.3. The molecule has 2 aromatic rings. The zero-order valence-electron chi connectivity index (χ0n) is 20.3. The third kappa shape index (κ3) is 4.74. The van der Waals surface area contributed by atoms with Crippen molar-refractivity contribution in [3.63, 3.8) is 0 Å². The summed E-state index contributed by atoms with van der Waals surface area (Å²) in [6.45, 7) is 9.93. The van der Waals surface area contributed by atoms with Crippen LogP contribution in [0, 0.1) is 0 Å². The molecule has 0 aromatic carbocycles. The lowest BCUT2D eigenvalue weighted by atomic mass is 9.94. The van der Waals surface area contributed by atoms with Crippen molar-refractivity contribution in [2.75, 3.05) is 26.2 Å². The Morgan fingerprint density at radius 3 is 2.61 bits per heavy atom. The van der Waals surface area contributed by atoms with Gasteiger partial charge in [0.1, 0.15) is 17.0 Å². The fourth-order valence-corrected chi connectivity index (χ4v) is 5.22. The van der Waals surface area contributed by atoms with Gasteiger partial charge in [0, 0.05) is 19.1 Å². The smallest absolute Gasteiger partial charge is 0.271 e. The van der Waals surface area contributed by atoms with E-state index >= 15 is 0 Å². The predicted octanol–water partition coefficient (Wildman–Crippen LogP) is 4.14. The molecule has 0 saturated heterocycles. The molecule has 0 radical (unpaired) electrons. The van der Waals surface area contributed by atoms with Gasteiger partial charge in [-0.1, -0.05) is 33.1 Å². The summed E-state index contributed by atoms with van der Waals surface area (Å²) < 4.78 is 7.58. The lowest BCUT2D eigenvalue weighted by molar-refractivity contribution is -0.133. The molecule has 1 N–H and O–H groups in total. The van der Waals surface area contributed by atoms with Gasteiger partial charge in [-0.05, 0) is 63.5 Å². The molecular weight excluding hydrogens is 416 g/mol. The van der Waals surface area contributed by atoms with Gasteiger partial charge < -0.3 is 24.1 Å². The number of hydrogen-bond acceptors (Lipinski definition) is 4. The van der Waals surface area contributed by atoms with E-state index in [0.717, 1.165) is 63.9 Å². The number of nitrogens with one attached hydrogen (secondary N) is 1. The number of nitrogens with zero attached hydrogens (tertiary/aromatic N) is 3. The average molecular weight is 455 g/mol. The van der Waals surface area contributed by atoms with Crippen molar-refractivity contribution in [1.82, 2.24) is 19.7 Å². The molecule has 2 aliphatic rings. The van der Waals surface area contributed by atoms with E-state index in [9.17, 15) is 9.59 Å². The Bertz CT molecular complexity index is 945. The molecule has 1 aliphatic heterocycles. The van der Waals surface area contributed by atoms with Crippen molar-refractivity contribution in [1.29, 1.82) is 0 Å². The molecule has 2 aromatic heterocycles. The Morgan fingerprint density at radius 2 is 1.94 bits per heavy atom. The lowest BCUT2D eigenvalue weighted by Crippen LogP contribution is -2.65. The summed E-state index contributed by atoms with van der Waals surface area (Å²) in [5, 5.41) is 3.27. The van der Waals surface area contributed by atoms with Gasteiger partial charge in [-0.15, -0.1) is 0 Å². The topological polar surface area (TPSA) is 70.7 Å². The van der Waals surface area contributed by atoms with Crippen LogP contribution in [0.3, 0.4) is 0 Å². The van der Waals surface area contributed by atoms with Crippen LogP contribution in [0.15, 0.2) is 34.9 Å². The first-order chi connectivity index (χ1) is 16.0. The first-order valence-electron chi connectivity index (χ1n) is 12.6. The van der Waals surface area contributed by atoms with E-state index in [1.54, 1.807) is 6.26 Å². The summed E-state index contributed by atoms with van der Waals surface area (Å²) in [7, 11) is 0. The van der Waals surface area contributed by atoms with Gasteiger partial charge in [-0.3, -0.25) is 9.59 Å². The highest BCUT2D eigenvalue weighted by Gasteiger charge is 2.48. The quantitative estimate of drug-likeness (QED) is 0.586. The van der Waals surface area contributed by atoms with Gasteiger partial charge in [-0.25, -0.2) is 0 Å². The van der Waals surface area contributed by atoms with E-state index < -0.39 is 5.54 Å². The molecule has 3 heterocycles. The van der Waals surface area contributed by atoms with Crippen molar-refractivity contribution >= 4 is 11.8 Å². The second-order valence-electron chi connectivity index (χ2n) is 9.64. The van der Waals surface area contributed by atoms with Crippen molar-refractivity contribution in [3.8, 4) is 11.5 Å². The van der Waals surface area contributed by atoms with E-state index in [2.05, 4.69) is 24.1 Å². The second kappa shape index (κ2) is 10.2. The van der Waals surface area contributed by atoms with E-state index in [-0.39, 0.29) is 17.9 Å². The molecule has 180 valence electrons. The highest BCUT2D eigenvalue weighted by molar-refractivity contribution is 6.00. The first-order valence-corrected chi connectivity index (χ1v) is 12.6. The Morgan fingerprint density at radius 1 is 1.18 bits per heavy atom. The molecule has 1 aliphatic carbocycles. The predicted molar refractivity (Wildman–Crippen MR) is 129 cm³/mol. The monoisotopic (exact) mass is 454 g/mol. The molecule has 7 nitrogen and oxygen atoms in total. The van der Waals surface area contributed by atoms with Crippen LogP contribution in [0.4, 0.5) is 0 Å². The fraction of sp³-hybridized carbons (Fsp3) is 0.615.